The van der Waals surface area contributed by atoms with Crippen molar-refractivity contribution in [1.82, 2.24) is 4.90 Å². The summed E-state index contributed by atoms with van der Waals surface area (Å²) >= 11 is 0. The Kier molecular flexibility index (Phi) is 5.31. The van der Waals surface area contributed by atoms with Gasteiger partial charge in [-0.1, -0.05) is 0 Å². The van der Waals surface area contributed by atoms with Crippen molar-refractivity contribution in [3.8, 4) is 5.75 Å². The normalized spacial score (nSPS) is 20.6. The van der Waals surface area contributed by atoms with Crippen LogP contribution in [0.1, 0.15) is 27.2 Å². The zero-order valence-corrected chi connectivity index (χ0v) is 14.2. The second kappa shape index (κ2) is 7.07. The number of hydrogen-bond donors (Lipinski definition) is 0. The molecule has 132 valence electrons. The Bertz CT molecular complexity index is 596. The first-order valence-corrected chi connectivity index (χ1v) is 7.69. The molecule has 2 rings (SSSR count). The number of likely N-dealkylation sites (tertiary alicyclic amines) is 1. The highest BCUT2D eigenvalue weighted by atomic mass is 19.1. The van der Waals surface area contributed by atoms with Crippen LogP contribution in [0.3, 0.4) is 0 Å². The van der Waals surface area contributed by atoms with E-state index < -0.39 is 29.8 Å². The maximum atomic E-state index is 13.0. The van der Waals surface area contributed by atoms with Gasteiger partial charge in [0, 0.05) is 6.42 Å². The van der Waals surface area contributed by atoms with Gasteiger partial charge in [-0.3, -0.25) is 4.90 Å². The van der Waals surface area contributed by atoms with Crippen molar-refractivity contribution in [3.05, 3.63) is 30.1 Å². The van der Waals surface area contributed by atoms with Crippen LogP contribution in [0, 0.1) is 5.82 Å². The average molecular weight is 339 g/mol. The van der Waals surface area contributed by atoms with Crippen LogP contribution in [-0.2, 0) is 14.3 Å². The van der Waals surface area contributed by atoms with Gasteiger partial charge >= 0.3 is 12.1 Å². The second-order valence-electron chi connectivity index (χ2n) is 6.60. The Morgan fingerprint density at radius 3 is 2.38 bits per heavy atom. The van der Waals surface area contributed by atoms with Crippen molar-refractivity contribution in [3.63, 3.8) is 0 Å². The molecule has 1 heterocycles. The molecule has 0 unspecified atom stereocenters. The highest BCUT2D eigenvalue weighted by Crippen LogP contribution is 2.26. The summed E-state index contributed by atoms with van der Waals surface area (Å²) < 4.78 is 28.8. The highest BCUT2D eigenvalue weighted by molar-refractivity contribution is 5.82. The van der Waals surface area contributed by atoms with Crippen molar-refractivity contribution < 1.29 is 28.2 Å². The summed E-state index contributed by atoms with van der Waals surface area (Å²) in [4.78, 5) is 25.6. The molecule has 0 radical (unpaired) electrons. The monoisotopic (exact) mass is 339 g/mol. The number of ether oxygens (including phenoxy) is 3. The Morgan fingerprint density at radius 1 is 1.21 bits per heavy atom. The SMILES string of the molecule is COC(=O)[C@H]1C[C@@H](Oc2ccc(F)cc2)CN1C(=O)OC(C)(C)C. The lowest BCUT2D eigenvalue weighted by Gasteiger charge is -2.27. The minimum Gasteiger partial charge on any atom is -0.488 e. The molecule has 0 saturated carbocycles. The van der Waals surface area contributed by atoms with Gasteiger partial charge in [0.1, 0.15) is 29.3 Å². The summed E-state index contributed by atoms with van der Waals surface area (Å²) in [6.07, 6.45) is -0.723. The molecule has 0 aliphatic carbocycles. The summed E-state index contributed by atoms with van der Waals surface area (Å²) in [6.45, 7) is 5.44. The van der Waals surface area contributed by atoms with Gasteiger partial charge < -0.3 is 14.2 Å². The molecule has 1 aliphatic heterocycles. The van der Waals surface area contributed by atoms with E-state index in [0.717, 1.165) is 0 Å². The van der Waals surface area contributed by atoms with E-state index >= 15 is 0 Å². The maximum Gasteiger partial charge on any atom is 0.411 e. The van der Waals surface area contributed by atoms with E-state index in [4.69, 9.17) is 14.2 Å². The number of nitrogens with zero attached hydrogens (tertiary/aromatic N) is 1. The van der Waals surface area contributed by atoms with Gasteiger partial charge in [0.15, 0.2) is 0 Å². The van der Waals surface area contributed by atoms with E-state index in [2.05, 4.69) is 0 Å². The smallest absolute Gasteiger partial charge is 0.411 e. The van der Waals surface area contributed by atoms with Crippen LogP contribution in [0.25, 0.3) is 0 Å². The third-order valence-electron chi connectivity index (χ3n) is 3.48. The molecule has 0 bridgehead atoms. The molecule has 6 nitrogen and oxygen atoms in total. The van der Waals surface area contributed by atoms with Gasteiger partial charge in [0.2, 0.25) is 0 Å². The summed E-state index contributed by atoms with van der Waals surface area (Å²) in [7, 11) is 1.27. The molecule has 24 heavy (non-hydrogen) atoms. The van der Waals surface area contributed by atoms with Crippen LogP contribution in [0.4, 0.5) is 9.18 Å². The summed E-state index contributed by atoms with van der Waals surface area (Å²) in [5.74, 6) is -0.418. The van der Waals surface area contributed by atoms with Gasteiger partial charge in [-0.05, 0) is 45.0 Å². The minimum atomic E-state index is -0.768. The van der Waals surface area contributed by atoms with Crippen molar-refractivity contribution in [2.45, 2.75) is 44.9 Å². The first-order chi connectivity index (χ1) is 11.2. The topological polar surface area (TPSA) is 65.1 Å². The Labute approximate surface area is 140 Å². The number of halogens is 1. The molecule has 1 saturated heterocycles. The van der Waals surface area contributed by atoms with Crippen LogP contribution in [0.2, 0.25) is 0 Å². The number of esters is 1. The van der Waals surface area contributed by atoms with Gasteiger partial charge in [-0.25, -0.2) is 14.0 Å². The van der Waals surface area contributed by atoms with Crippen molar-refractivity contribution in [1.29, 1.82) is 0 Å². The number of rotatable bonds is 3. The van der Waals surface area contributed by atoms with Crippen LogP contribution < -0.4 is 4.74 Å². The lowest BCUT2D eigenvalue weighted by molar-refractivity contribution is -0.145. The van der Waals surface area contributed by atoms with E-state index in [1.165, 1.54) is 36.3 Å². The van der Waals surface area contributed by atoms with Gasteiger partial charge in [-0.2, -0.15) is 0 Å². The molecule has 0 spiro atoms. The number of methoxy groups -OCH3 is 1. The van der Waals surface area contributed by atoms with E-state index in [0.29, 0.717) is 5.75 Å². The fraction of sp³-hybridized carbons (Fsp3) is 0.529. The Hall–Kier alpha value is -2.31. The third-order valence-corrected chi connectivity index (χ3v) is 3.48. The predicted octanol–water partition coefficient (Wildman–Crippen LogP) is 2.76. The maximum absolute atomic E-state index is 13.0. The summed E-state index contributed by atoms with van der Waals surface area (Å²) in [5, 5.41) is 0. The molecule has 2 atom stereocenters. The van der Waals surface area contributed by atoms with E-state index in [9.17, 15) is 14.0 Å². The van der Waals surface area contributed by atoms with Crippen LogP contribution in [-0.4, -0.2) is 48.4 Å². The standard InChI is InChI=1S/C17H22FNO5/c1-17(2,3)24-16(21)19-10-13(9-14(19)15(20)22-4)23-12-7-5-11(18)6-8-12/h5-8,13-14H,9-10H2,1-4H3/t13-,14-/m1/s1. The fourth-order valence-corrected chi connectivity index (χ4v) is 2.47. The first-order valence-electron chi connectivity index (χ1n) is 7.69. The lowest BCUT2D eigenvalue weighted by Crippen LogP contribution is -2.44. The number of carbonyl (C=O) groups is 2. The highest BCUT2D eigenvalue weighted by Gasteiger charge is 2.43. The molecular formula is C17H22FNO5. The Balaban J connectivity index is 2.09. The number of amides is 1. The lowest BCUT2D eigenvalue weighted by atomic mass is 10.2. The molecule has 1 aromatic rings. The van der Waals surface area contributed by atoms with Crippen LogP contribution in [0.15, 0.2) is 24.3 Å². The Morgan fingerprint density at radius 2 is 1.83 bits per heavy atom. The first kappa shape index (κ1) is 18.0. The van der Waals surface area contributed by atoms with Crippen molar-refractivity contribution >= 4 is 12.1 Å². The molecule has 1 aromatic carbocycles. The van der Waals surface area contributed by atoms with Gasteiger partial charge in [0.25, 0.3) is 0 Å². The van der Waals surface area contributed by atoms with Gasteiger partial charge in [-0.15, -0.1) is 0 Å². The molecule has 1 aliphatic rings. The summed E-state index contributed by atoms with van der Waals surface area (Å²) in [6, 6.07) is 4.80. The fourth-order valence-electron chi connectivity index (χ4n) is 2.47. The van der Waals surface area contributed by atoms with E-state index in [1.807, 2.05) is 0 Å². The minimum absolute atomic E-state index is 0.187. The summed E-state index contributed by atoms with van der Waals surface area (Å²) in [5.41, 5.74) is -0.673. The molecule has 0 N–H and O–H groups in total. The number of hydrogen-bond acceptors (Lipinski definition) is 5. The molecule has 1 amide bonds. The average Bonchev–Trinajstić information content (AvgIpc) is 2.91. The molecule has 0 aromatic heterocycles. The molecular weight excluding hydrogens is 317 g/mol. The van der Waals surface area contributed by atoms with E-state index in [1.54, 1.807) is 20.8 Å². The van der Waals surface area contributed by atoms with E-state index in [-0.39, 0.29) is 18.8 Å². The third kappa shape index (κ3) is 4.59. The predicted molar refractivity (Wildman–Crippen MR) is 84.2 cm³/mol. The number of benzene rings is 1. The van der Waals surface area contributed by atoms with Crippen molar-refractivity contribution in [2.24, 2.45) is 0 Å². The quantitative estimate of drug-likeness (QED) is 0.792. The van der Waals surface area contributed by atoms with Gasteiger partial charge in [0.05, 0.1) is 13.7 Å². The zero-order valence-electron chi connectivity index (χ0n) is 14.2. The largest absolute Gasteiger partial charge is 0.488 e. The second-order valence-corrected chi connectivity index (χ2v) is 6.60. The van der Waals surface area contributed by atoms with Crippen LogP contribution in [0.5, 0.6) is 5.75 Å². The molecule has 7 heteroatoms. The van der Waals surface area contributed by atoms with Crippen LogP contribution >= 0.6 is 0 Å². The zero-order chi connectivity index (χ0) is 17.9. The molecule has 1 fully saturated rings. The van der Waals surface area contributed by atoms with Crippen molar-refractivity contribution in [2.75, 3.05) is 13.7 Å². The number of carbonyl (C=O) groups excluding carboxylic acids is 2.